The molecule has 1 saturated heterocycles. The molecule has 1 aliphatic heterocycles. The van der Waals surface area contributed by atoms with Crippen molar-refractivity contribution >= 4 is 5.91 Å². The molecule has 1 aromatic carbocycles. The van der Waals surface area contributed by atoms with E-state index in [9.17, 15) is 9.18 Å². The van der Waals surface area contributed by atoms with Crippen molar-refractivity contribution in [2.75, 3.05) is 26.7 Å². The molecule has 1 aromatic heterocycles. The Balaban J connectivity index is 1.80. The minimum atomic E-state index is -0.520. The molecular weight excluding hydrogens is 323 g/mol. The summed E-state index contributed by atoms with van der Waals surface area (Å²) in [5.74, 6) is 0.778. The van der Waals surface area contributed by atoms with Crippen molar-refractivity contribution in [3.05, 3.63) is 41.5 Å². The average molecular weight is 346 g/mol. The van der Waals surface area contributed by atoms with Crippen molar-refractivity contribution in [2.45, 2.75) is 25.8 Å². The maximum Gasteiger partial charge on any atom is 0.247 e. The first-order valence-corrected chi connectivity index (χ1v) is 8.50. The quantitative estimate of drug-likeness (QED) is 0.844. The van der Waals surface area contributed by atoms with Gasteiger partial charge in [0.2, 0.25) is 5.91 Å². The number of halogens is 1. The van der Waals surface area contributed by atoms with Crippen LogP contribution in [-0.4, -0.2) is 57.7 Å². The van der Waals surface area contributed by atoms with Gasteiger partial charge in [-0.05, 0) is 61.0 Å². The molecule has 2 aromatic rings. The summed E-state index contributed by atoms with van der Waals surface area (Å²) in [5.41, 5.74) is 0.876. The van der Waals surface area contributed by atoms with Gasteiger partial charge in [0.25, 0.3) is 0 Å². The van der Waals surface area contributed by atoms with E-state index < -0.39 is 6.04 Å². The van der Waals surface area contributed by atoms with Gasteiger partial charge < -0.3 is 10.2 Å². The van der Waals surface area contributed by atoms with E-state index in [0.29, 0.717) is 18.2 Å². The standard InChI is InChI=1S/C17H23FN6O/c1-12-20-21-22-24(12)16(9-13-3-5-15(18)6-4-13)17(25)23-8-7-14(11-23)10-19-2/h3-6,14,16,19H,7-11H2,1-2H3. The van der Waals surface area contributed by atoms with E-state index in [1.54, 1.807) is 23.7 Å². The first-order valence-electron chi connectivity index (χ1n) is 8.50. The third kappa shape index (κ3) is 4.01. The zero-order valence-corrected chi connectivity index (χ0v) is 14.5. The van der Waals surface area contributed by atoms with Crippen LogP contribution in [0.4, 0.5) is 4.39 Å². The van der Waals surface area contributed by atoms with Gasteiger partial charge in [0.15, 0.2) is 0 Å². The molecule has 0 saturated carbocycles. The maximum absolute atomic E-state index is 13.2. The lowest BCUT2D eigenvalue weighted by atomic mass is 10.0. The number of nitrogens with one attached hydrogen (secondary N) is 1. The zero-order chi connectivity index (χ0) is 17.8. The molecule has 0 spiro atoms. The smallest absolute Gasteiger partial charge is 0.247 e. The molecule has 8 heteroatoms. The minimum absolute atomic E-state index is 0.0123. The normalized spacial score (nSPS) is 18.5. The fraction of sp³-hybridized carbons (Fsp3) is 0.529. The molecule has 1 N–H and O–H groups in total. The molecule has 0 aliphatic carbocycles. The lowest BCUT2D eigenvalue weighted by Gasteiger charge is -2.24. The molecule has 2 heterocycles. The first kappa shape index (κ1) is 17.5. The van der Waals surface area contributed by atoms with Crippen LogP contribution in [0.15, 0.2) is 24.3 Å². The molecule has 7 nitrogen and oxygen atoms in total. The number of nitrogens with zero attached hydrogens (tertiary/aromatic N) is 5. The van der Waals surface area contributed by atoms with Gasteiger partial charge in [0, 0.05) is 19.5 Å². The lowest BCUT2D eigenvalue weighted by Crippen LogP contribution is -2.38. The molecule has 1 aliphatic rings. The van der Waals surface area contributed by atoms with Gasteiger partial charge in [-0.3, -0.25) is 4.79 Å². The summed E-state index contributed by atoms with van der Waals surface area (Å²) >= 11 is 0. The first-order chi connectivity index (χ1) is 12.1. The van der Waals surface area contributed by atoms with Gasteiger partial charge in [-0.25, -0.2) is 9.07 Å². The second-order valence-corrected chi connectivity index (χ2v) is 6.51. The summed E-state index contributed by atoms with van der Waals surface area (Å²) in [7, 11) is 1.92. The lowest BCUT2D eigenvalue weighted by molar-refractivity contribution is -0.134. The van der Waals surface area contributed by atoms with Crippen molar-refractivity contribution in [3.63, 3.8) is 0 Å². The Hall–Kier alpha value is -2.35. The monoisotopic (exact) mass is 346 g/mol. The number of hydrogen-bond donors (Lipinski definition) is 1. The van der Waals surface area contributed by atoms with E-state index in [1.807, 2.05) is 11.9 Å². The molecule has 134 valence electrons. The summed E-state index contributed by atoms with van der Waals surface area (Å²) in [6, 6.07) is 5.69. The largest absolute Gasteiger partial charge is 0.340 e. The summed E-state index contributed by atoms with van der Waals surface area (Å²) in [4.78, 5) is 15.0. The predicted octanol–water partition coefficient (Wildman–Crippen LogP) is 0.972. The summed E-state index contributed by atoms with van der Waals surface area (Å²) in [5, 5.41) is 14.8. The van der Waals surface area contributed by atoms with Crippen LogP contribution >= 0.6 is 0 Å². The molecule has 25 heavy (non-hydrogen) atoms. The molecule has 3 rings (SSSR count). The van der Waals surface area contributed by atoms with Crippen LogP contribution in [0.25, 0.3) is 0 Å². The highest BCUT2D eigenvalue weighted by molar-refractivity contribution is 5.81. The van der Waals surface area contributed by atoms with Crippen LogP contribution in [0.3, 0.4) is 0 Å². The third-order valence-corrected chi connectivity index (χ3v) is 4.67. The number of rotatable bonds is 6. The summed E-state index contributed by atoms with van der Waals surface area (Å²) in [6.45, 7) is 4.15. The highest BCUT2D eigenvalue weighted by Gasteiger charge is 2.33. The van der Waals surface area contributed by atoms with Crippen LogP contribution in [0.2, 0.25) is 0 Å². The summed E-state index contributed by atoms with van der Waals surface area (Å²) < 4.78 is 14.7. The van der Waals surface area contributed by atoms with Crippen LogP contribution < -0.4 is 5.32 Å². The van der Waals surface area contributed by atoms with E-state index in [2.05, 4.69) is 20.8 Å². The van der Waals surface area contributed by atoms with E-state index in [0.717, 1.165) is 31.6 Å². The van der Waals surface area contributed by atoms with Crippen LogP contribution in [0.5, 0.6) is 0 Å². The van der Waals surface area contributed by atoms with Gasteiger partial charge in [0.05, 0.1) is 0 Å². The van der Waals surface area contributed by atoms with Gasteiger partial charge >= 0.3 is 0 Å². The van der Waals surface area contributed by atoms with Crippen molar-refractivity contribution in [1.29, 1.82) is 0 Å². The average Bonchev–Trinajstić information content (AvgIpc) is 3.23. The number of likely N-dealkylation sites (tertiary alicyclic amines) is 1. The van der Waals surface area contributed by atoms with E-state index in [1.165, 1.54) is 12.1 Å². The molecule has 0 bridgehead atoms. The molecule has 1 amide bonds. The van der Waals surface area contributed by atoms with E-state index in [4.69, 9.17) is 0 Å². The zero-order valence-electron chi connectivity index (χ0n) is 14.5. The Bertz CT molecular complexity index is 716. The van der Waals surface area contributed by atoms with Crippen LogP contribution in [0, 0.1) is 18.7 Å². The number of carbonyl (C=O) groups excluding carboxylic acids is 1. The number of aromatic nitrogens is 4. The van der Waals surface area contributed by atoms with Crippen molar-refractivity contribution < 1.29 is 9.18 Å². The molecule has 2 atom stereocenters. The number of carbonyl (C=O) groups is 1. The molecule has 0 radical (unpaired) electrons. The van der Waals surface area contributed by atoms with Gasteiger partial charge in [-0.15, -0.1) is 5.10 Å². The van der Waals surface area contributed by atoms with Crippen LogP contribution in [-0.2, 0) is 11.2 Å². The Morgan fingerprint density at radius 2 is 2.16 bits per heavy atom. The topological polar surface area (TPSA) is 75.9 Å². The van der Waals surface area contributed by atoms with E-state index >= 15 is 0 Å². The Labute approximate surface area is 146 Å². The van der Waals surface area contributed by atoms with E-state index in [-0.39, 0.29) is 11.7 Å². The van der Waals surface area contributed by atoms with Gasteiger partial charge in [-0.1, -0.05) is 12.1 Å². The Kier molecular flexibility index (Phi) is 5.37. The molecular formula is C17H23FN6O. The highest BCUT2D eigenvalue weighted by Crippen LogP contribution is 2.23. The van der Waals surface area contributed by atoms with Crippen LogP contribution in [0.1, 0.15) is 23.9 Å². The van der Waals surface area contributed by atoms with Crippen molar-refractivity contribution in [3.8, 4) is 0 Å². The fourth-order valence-electron chi connectivity index (χ4n) is 3.35. The Morgan fingerprint density at radius 3 is 2.80 bits per heavy atom. The minimum Gasteiger partial charge on any atom is -0.340 e. The van der Waals surface area contributed by atoms with Crippen molar-refractivity contribution in [1.82, 2.24) is 30.4 Å². The third-order valence-electron chi connectivity index (χ3n) is 4.67. The fourth-order valence-corrected chi connectivity index (χ4v) is 3.35. The van der Waals surface area contributed by atoms with Gasteiger partial charge in [0.1, 0.15) is 17.7 Å². The molecule has 1 fully saturated rings. The maximum atomic E-state index is 13.2. The highest BCUT2D eigenvalue weighted by atomic mass is 19.1. The second kappa shape index (κ2) is 7.69. The number of benzene rings is 1. The number of hydrogen-bond acceptors (Lipinski definition) is 5. The Morgan fingerprint density at radius 1 is 1.40 bits per heavy atom. The summed E-state index contributed by atoms with van der Waals surface area (Å²) in [6.07, 6.45) is 1.42. The predicted molar refractivity (Wildman–Crippen MR) is 90.3 cm³/mol. The number of aryl methyl sites for hydroxylation is 1. The van der Waals surface area contributed by atoms with Crippen molar-refractivity contribution in [2.24, 2.45) is 5.92 Å². The molecule has 2 unspecified atom stereocenters. The number of amides is 1. The number of tetrazole rings is 1. The van der Waals surface area contributed by atoms with Gasteiger partial charge in [-0.2, -0.15) is 0 Å². The second-order valence-electron chi connectivity index (χ2n) is 6.51. The SMILES string of the molecule is CNCC1CCN(C(=O)C(Cc2ccc(F)cc2)n2nnnc2C)C1.